The monoisotopic (exact) mass is 215 g/mol. The molecular weight excluding hydrogens is 194 g/mol. The highest BCUT2D eigenvalue weighted by molar-refractivity contribution is 7.92. The maximum absolute atomic E-state index is 5.98. The molecule has 2 nitrogen and oxygen atoms in total. The topological polar surface area (TPSA) is 18.5 Å². The van der Waals surface area contributed by atoms with Crippen LogP contribution >= 0.6 is 7.59 Å². The Labute approximate surface area is 89.9 Å². The largest absolute Gasteiger partial charge is 0.450 e. The lowest BCUT2D eigenvalue weighted by Gasteiger charge is -2.15. The molecule has 4 heteroatoms. The number of rotatable bonds is 8. The SMILES string of the molecule is [B][P+](/C=C/CCCC)(OCC)OCC. The number of hydrogen-bond donors (Lipinski definition) is 0. The fourth-order valence-electron chi connectivity index (χ4n) is 1.07. The highest BCUT2D eigenvalue weighted by Gasteiger charge is 2.31. The minimum absolute atomic E-state index is 0.600. The van der Waals surface area contributed by atoms with Crippen LogP contribution in [0.4, 0.5) is 0 Å². The fraction of sp³-hybridized carbons (Fsp3) is 0.800. The molecule has 0 aromatic rings. The van der Waals surface area contributed by atoms with Gasteiger partial charge < -0.3 is 0 Å². The van der Waals surface area contributed by atoms with Crippen molar-refractivity contribution in [3.05, 3.63) is 11.9 Å². The van der Waals surface area contributed by atoms with Crippen LogP contribution in [0.15, 0.2) is 11.9 Å². The van der Waals surface area contributed by atoms with Gasteiger partial charge in [-0.25, -0.2) is 9.05 Å². The van der Waals surface area contributed by atoms with Crippen LogP contribution in [0.2, 0.25) is 0 Å². The van der Waals surface area contributed by atoms with Gasteiger partial charge in [-0.3, -0.25) is 0 Å². The first-order valence-electron chi connectivity index (χ1n) is 5.32. The molecule has 0 spiro atoms. The Morgan fingerprint density at radius 2 is 1.71 bits per heavy atom. The van der Waals surface area contributed by atoms with Gasteiger partial charge in [0.2, 0.25) is 7.59 Å². The van der Waals surface area contributed by atoms with Crippen LogP contribution < -0.4 is 0 Å². The molecule has 0 aliphatic heterocycles. The Balaban J connectivity index is 3.99. The summed E-state index contributed by atoms with van der Waals surface area (Å²) < 4.78 is 10.9. The summed E-state index contributed by atoms with van der Waals surface area (Å²) in [5.74, 6) is 1.91. The van der Waals surface area contributed by atoms with Crippen molar-refractivity contribution in [1.82, 2.24) is 0 Å². The summed E-state index contributed by atoms with van der Waals surface area (Å²) in [6.07, 6.45) is 5.51. The van der Waals surface area contributed by atoms with E-state index in [1.807, 2.05) is 19.7 Å². The van der Waals surface area contributed by atoms with Crippen LogP contribution in [0.3, 0.4) is 0 Å². The van der Waals surface area contributed by atoms with Crippen molar-refractivity contribution in [3.63, 3.8) is 0 Å². The number of allylic oxidation sites excluding steroid dienone is 1. The van der Waals surface area contributed by atoms with Crippen molar-refractivity contribution in [2.45, 2.75) is 40.0 Å². The lowest BCUT2D eigenvalue weighted by molar-refractivity contribution is 0.269. The third-order valence-electron chi connectivity index (χ3n) is 1.70. The Hall–Kier alpha value is 0.155. The molecule has 0 saturated carbocycles. The van der Waals surface area contributed by atoms with E-state index >= 15 is 0 Å². The van der Waals surface area contributed by atoms with E-state index < -0.39 is 7.59 Å². The molecule has 0 saturated heterocycles. The molecule has 0 aromatic heterocycles. The fourth-order valence-corrected chi connectivity index (χ4v) is 2.57. The molecule has 0 unspecified atom stereocenters. The smallest absolute Gasteiger partial charge is 0.222 e. The van der Waals surface area contributed by atoms with Crippen molar-refractivity contribution in [3.8, 4) is 0 Å². The predicted molar refractivity (Wildman–Crippen MR) is 64.6 cm³/mol. The maximum Gasteiger partial charge on any atom is 0.450 e. The van der Waals surface area contributed by atoms with Gasteiger partial charge in [-0.15, -0.1) is 0 Å². The molecule has 0 amide bonds. The number of unbranched alkanes of at least 4 members (excludes halogenated alkanes) is 2. The van der Waals surface area contributed by atoms with Crippen molar-refractivity contribution < 1.29 is 9.05 Å². The molecule has 0 N–H and O–H groups in total. The van der Waals surface area contributed by atoms with Crippen LogP contribution in [0.5, 0.6) is 0 Å². The van der Waals surface area contributed by atoms with Crippen molar-refractivity contribution in [2.75, 3.05) is 13.2 Å². The molecule has 0 aromatic carbocycles. The van der Waals surface area contributed by atoms with Gasteiger partial charge in [-0.1, -0.05) is 13.3 Å². The van der Waals surface area contributed by atoms with Crippen LogP contribution in [-0.2, 0) is 9.05 Å². The first-order chi connectivity index (χ1) is 6.68. The molecule has 0 rings (SSSR count). The van der Waals surface area contributed by atoms with Crippen LogP contribution in [0.25, 0.3) is 0 Å². The number of hydrogen-bond acceptors (Lipinski definition) is 2. The van der Waals surface area contributed by atoms with Crippen molar-refractivity contribution >= 4 is 15.2 Å². The second-order valence-corrected chi connectivity index (χ2v) is 5.11. The summed E-state index contributed by atoms with van der Waals surface area (Å²) >= 11 is 0. The highest BCUT2D eigenvalue weighted by Crippen LogP contribution is 2.57. The van der Waals surface area contributed by atoms with E-state index in [1.165, 1.54) is 12.8 Å². The lowest BCUT2D eigenvalue weighted by atomic mass is 10.2. The minimum Gasteiger partial charge on any atom is -0.222 e. The van der Waals surface area contributed by atoms with Gasteiger partial charge in [0.15, 0.2) is 0 Å². The maximum atomic E-state index is 5.98. The molecule has 0 aliphatic rings. The zero-order chi connectivity index (χ0) is 10.9. The van der Waals surface area contributed by atoms with E-state index in [2.05, 4.69) is 13.0 Å². The average Bonchev–Trinajstić information content (AvgIpc) is 2.13. The second-order valence-electron chi connectivity index (χ2n) is 3.01. The molecule has 0 heterocycles. The Kier molecular flexibility index (Phi) is 8.56. The van der Waals surface area contributed by atoms with Crippen LogP contribution in [0.1, 0.15) is 40.0 Å². The van der Waals surface area contributed by atoms with E-state index in [0.29, 0.717) is 13.2 Å². The minimum atomic E-state index is -2.19. The van der Waals surface area contributed by atoms with Gasteiger partial charge in [-0.05, 0) is 32.8 Å². The summed E-state index contributed by atoms with van der Waals surface area (Å²) in [6.45, 7) is 7.23. The van der Waals surface area contributed by atoms with Crippen LogP contribution in [-0.4, -0.2) is 20.8 Å². The summed E-state index contributed by atoms with van der Waals surface area (Å²) in [6, 6.07) is 0. The van der Waals surface area contributed by atoms with Gasteiger partial charge >= 0.3 is 7.57 Å². The Bertz CT molecular complexity index is 156. The van der Waals surface area contributed by atoms with E-state index in [-0.39, 0.29) is 0 Å². The summed E-state index contributed by atoms with van der Waals surface area (Å²) in [7, 11) is 3.79. The van der Waals surface area contributed by atoms with Gasteiger partial charge in [0, 0.05) is 0 Å². The first kappa shape index (κ1) is 14.2. The van der Waals surface area contributed by atoms with Gasteiger partial charge in [0.05, 0.1) is 19.0 Å². The zero-order valence-corrected chi connectivity index (χ0v) is 10.4. The average molecular weight is 215 g/mol. The normalized spacial score (nSPS) is 12.5. The third-order valence-corrected chi connectivity index (χ3v) is 3.65. The zero-order valence-electron chi connectivity index (χ0n) is 9.53. The molecule has 0 bridgehead atoms. The van der Waals surface area contributed by atoms with Crippen molar-refractivity contribution in [1.29, 1.82) is 0 Å². The van der Waals surface area contributed by atoms with Gasteiger partial charge in [0.25, 0.3) is 0 Å². The predicted octanol–water partition coefficient (Wildman–Crippen LogP) is 3.69. The molecule has 2 radical (unpaired) electrons. The van der Waals surface area contributed by atoms with E-state index in [4.69, 9.17) is 16.6 Å². The van der Waals surface area contributed by atoms with E-state index in [0.717, 1.165) is 6.42 Å². The summed E-state index contributed by atoms with van der Waals surface area (Å²) in [4.78, 5) is 0. The van der Waals surface area contributed by atoms with Gasteiger partial charge in [0.1, 0.15) is 0 Å². The highest BCUT2D eigenvalue weighted by atomic mass is 31.2. The quantitative estimate of drug-likeness (QED) is 0.349. The Morgan fingerprint density at radius 3 is 2.14 bits per heavy atom. The molecule has 0 atom stereocenters. The Morgan fingerprint density at radius 1 is 1.14 bits per heavy atom. The molecule has 0 fully saturated rings. The second kappa shape index (κ2) is 8.46. The van der Waals surface area contributed by atoms with Crippen LogP contribution in [0, 0.1) is 0 Å². The standard InChI is InChI=1S/C10H21BO2P/c1-4-7-8-9-10-14(11,12-5-2)13-6-3/h9-10H,4-8H2,1-3H3/q+1/b10-9+. The van der Waals surface area contributed by atoms with Crippen molar-refractivity contribution in [2.24, 2.45) is 0 Å². The summed E-state index contributed by atoms with van der Waals surface area (Å²) in [5, 5.41) is 0. The molecular formula is C10H21BO2P+. The molecule has 80 valence electrons. The lowest BCUT2D eigenvalue weighted by Crippen LogP contribution is -2.00. The van der Waals surface area contributed by atoms with Gasteiger partial charge in [-0.2, -0.15) is 0 Å². The molecule has 0 aliphatic carbocycles. The third kappa shape index (κ3) is 6.59. The molecule has 14 heavy (non-hydrogen) atoms. The van der Waals surface area contributed by atoms with E-state index in [1.54, 1.807) is 0 Å². The first-order valence-corrected chi connectivity index (χ1v) is 7.08. The van der Waals surface area contributed by atoms with E-state index in [9.17, 15) is 0 Å². The summed E-state index contributed by atoms with van der Waals surface area (Å²) in [5.41, 5.74) is 0.